The molecule has 0 N–H and O–H groups in total. The lowest BCUT2D eigenvalue weighted by atomic mass is 9.87. The number of allylic oxidation sites excluding steroid dienone is 1. The minimum Gasteiger partial charge on any atom is -0.456 e. The van der Waals surface area contributed by atoms with Gasteiger partial charge in [-0.1, -0.05) is 224 Å². The van der Waals surface area contributed by atoms with Gasteiger partial charge < -0.3 is 8.98 Å². The van der Waals surface area contributed by atoms with Crippen LogP contribution in [-0.2, 0) is 0 Å². The standard InChI is InChI=1S/C74H47N3O/c1-3-18-48(19-4-1)52-38-42-60(65-45-53-22-7-8-23-56(53)58-24-9-10-25-59(58)65)64(44-52)49-34-36-50(37-35-49)67-29-17-30-68(76-74(75-67)51-20-5-2-6-21-51)55-39-41-57(54-40-43-73-66(46-54)63-28-13-16-33-72(63)78-73)71(47-55)77-69-31-14-11-26-61(69)62-27-12-15-32-70(62)77/h1-28,31-47H,29H2/b75-67+,76-74-. The van der Waals surface area contributed by atoms with E-state index >= 15 is 0 Å². The second kappa shape index (κ2) is 18.8. The Hall–Kier alpha value is -10.4. The highest BCUT2D eigenvalue weighted by Gasteiger charge is 2.21. The van der Waals surface area contributed by atoms with Crippen molar-refractivity contribution in [1.82, 2.24) is 4.57 Å². The maximum absolute atomic E-state index is 6.30. The number of fused-ring (bicyclic) bond motifs is 9. The Bertz CT molecular complexity index is 4780. The number of nitrogens with zero attached hydrogens (tertiary/aromatic N) is 3. The molecule has 0 amide bonds. The number of rotatable bonds is 8. The summed E-state index contributed by atoms with van der Waals surface area (Å²) in [7, 11) is 0. The van der Waals surface area contributed by atoms with Crippen LogP contribution in [0.2, 0.25) is 0 Å². The van der Waals surface area contributed by atoms with Crippen LogP contribution >= 0.6 is 0 Å². The third-order valence-electron chi connectivity index (χ3n) is 15.5. The maximum atomic E-state index is 6.30. The van der Waals surface area contributed by atoms with E-state index in [1.165, 1.54) is 60.1 Å². The summed E-state index contributed by atoms with van der Waals surface area (Å²) in [5.41, 5.74) is 22.5. The number of furan rings is 1. The van der Waals surface area contributed by atoms with Crippen molar-refractivity contribution in [2.24, 2.45) is 9.98 Å². The third-order valence-corrected chi connectivity index (χ3v) is 15.5. The second-order valence-electron chi connectivity index (χ2n) is 20.1. The van der Waals surface area contributed by atoms with E-state index in [9.17, 15) is 0 Å². The number of hydrogen-bond donors (Lipinski definition) is 0. The van der Waals surface area contributed by atoms with Crippen LogP contribution in [0.5, 0.6) is 0 Å². The van der Waals surface area contributed by atoms with E-state index in [1.54, 1.807) is 0 Å². The van der Waals surface area contributed by atoms with E-state index in [1.807, 2.05) is 18.2 Å². The van der Waals surface area contributed by atoms with Gasteiger partial charge in [0.15, 0.2) is 5.84 Å². The van der Waals surface area contributed by atoms with Crippen LogP contribution in [0.4, 0.5) is 0 Å². The summed E-state index contributed by atoms with van der Waals surface area (Å²) in [5, 5.41) is 9.55. The summed E-state index contributed by atoms with van der Waals surface area (Å²) in [6, 6.07) is 95.6. The zero-order valence-electron chi connectivity index (χ0n) is 42.4. The van der Waals surface area contributed by atoms with E-state index in [2.05, 4.69) is 265 Å². The maximum Gasteiger partial charge on any atom is 0.160 e. The molecule has 0 spiro atoms. The first-order valence-corrected chi connectivity index (χ1v) is 26.6. The summed E-state index contributed by atoms with van der Waals surface area (Å²) in [4.78, 5) is 10.9. The lowest BCUT2D eigenvalue weighted by Gasteiger charge is -2.17. The molecule has 14 aromatic rings. The Kier molecular flexibility index (Phi) is 10.8. The number of aliphatic imine (C=N–C) groups is 2. The van der Waals surface area contributed by atoms with Crippen molar-refractivity contribution < 1.29 is 4.42 Å². The zero-order chi connectivity index (χ0) is 51.5. The minimum atomic E-state index is 0.559. The smallest absolute Gasteiger partial charge is 0.160 e. The van der Waals surface area contributed by atoms with E-state index in [0.717, 1.165) is 77.8 Å². The van der Waals surface area contributed by atoms with Gasteiger partial charge in [0.2, 0.25) is 0 Å². The largest absolute Gasteiger partial charge is 0.456 e. The number of aromatic nitrogens is 1. The Morgan fingerprint density at radius 1 is 0.333 bits per heavy atom. The van der Waals surface area contributed by atoms with Gasteiger partial charge in [-0.25, -0.2) is 9.98 Å². The van der Waals surface area contributed by atoms with Crippen LogP contribution in [0.25, 0.3) is 121 Å². The van der Waals surface area contributed by atoms with Gasteiger partial charge >= 0.3 is 0 Å². The van der Waals surface area contributed by atoms with Crippen LogP contribution in [0.1, 0.15) is 23.1 Å². The lowest BCUT2D eigenvalue weighted by Crippen LogP contribution is -2.08. The molecule has 4 heteroatoms. The molecule has 2 aromatic heterocycles. The van der Waals surface area contributed by atoms with E-state index in [-0.39, 0.29) is 0 Å². The molecule has 1 aliphatic heterocycles. The molecule has 0 radical (unpaired) electrons. The second-order valence-corrected chi connectivity index (χ2v) is 20.1. The van der Waals surface area contributed by atoms with E-state index < -0.39 is 0 Å². The monoisotopic (exact) mass is 993 g/mol. The number of para-hydroxylation sites is 3. The normalized spacial score (nSPS) is 14.1. The number of amidine groups is 1. The number of hydrogen-bond acceptors (Lipinski definition) is 3. The average Bonchev–Trinajstić information content (AvgIpc) is 4.06. The molecule has 12 aromatic carbocycles. The van der Waals surface area contributed by atoms with Gasteiger partial charge in [-0.3, -0.25) is 0 Å². The summed E-state index contributed by atoms with van der Waals surface area (Å²) in [6.07, 6.45) is 2.65. The van der Waals surface area contributed by atoms with Crippen molar-refractivity contribution in [2.45, 2.75) is 6.42 Å². The van der Waals surface area contributed by atoms with Gasteiger partial charge in [0, 0.05) is 44.7 Å². The van der Waals surface area contributed by atoms with Crippen LogP contribution < -0.4 is 0 Å². The van der Waals surface area contributed by atoms with Crippen LogP contribution in [0.3, 0.4) is 0 Å². The van der Waals surface area contributed by atoms with Crippen molar-refractivity contribution >= 4 is 82.5 Å². The molecule has 15 rings (SSSR count). The molecule has 78 heavy (non-hydrogen) atoms. The van der Waals surface area contributed by atoms with E-state index in [0.29, 0.717) is 18.0 Å². The number of benzene rings is 12. The van der Waals surface area contributed by atoms with Gasteiger partial charge in [-0.05, 0) is 121 Å². The SMILES string of the molecule is C1=CC/C(c2ccc(-c3cc(-c4ccccc4)ccc3-c3cc4ccccc4c4ccccc34)cc2)=N\C(c2ccccc2)=N/C=1c1ccc(-c2ccc3oc4ccccc4c3c2)c(-n2c3ccccc3c3ccccc32)c1. The Balaban J connectivity index is 0.853. The molecular weight excluding hydrogens is 947 g/mol. The molecule has 0 unspecified atom stereocenters. The minimum absolute atomic E-state index is 0.559. The molecule has 0 bridgehead atoms. The van der Waals surface area contributed by atoms with Crippen molar-refractivity contribution in [1.29, 1.82) is 0 Å². The van der Waals surface area contributed by atoms with E-state index in [4.69, 9.17) is 14.4 Å². The molecule has 0 fully saturated rings. The average molecular weight is 994 g/mol. The molecule has 0 atom stereocenters. The molecule has 1 aliphatic rings. The van der Waals surface area contributed by atoms with Gasteiger partial charge in [-0.15, -0.1) is 0 Å². The van der Waals surface area contributed by atoms with Crippen molar-refractivity contribution in [3.63, 3.8) is 0 Å². The topological polar surface area (TPSA) is 42.8 Å². The fraction of sp³-hybridized carbons (Fsp3) is 0.0135. The van der Waals surface area contributed by atoms with Gasteiger partial charge in [0.1, 0.15) is 16.9 Å². The summed E-state index contributed by atoms with van der Waals surface area (Å²) in [5.74, 6) is 0.631. The van der Waals surface area contributed by atoms with Crippen molar-refractivity contribution in [3.8, 4) is 50.2 Å². The van der Waals surface area contributed by atoms with Crippen molar-refractivity contribution in [2.75, 3.05) is 0 Å². The molecule has 0 saturated heterocycles. The Morgan fingerprint density at radius 2 is 0.910 bits per heavy atom. The summed E-state index contributed by atoms with van der Waals surface area (Å²) < 4.78 is 8.71. The quantitative estimate of drug-likeness (QED) is 0.110. The molecule has 0 aliphatic carbocycles. The highest BCUT2D eigenvalue weighted by Crippen LogP contribution is 2.43. The fourth-order valence-corrected chi connectivity index (χ4v) is 11.8. The zero-order valence-corrected chi connectivity index (χ0v) is 42.4. The van der Waals surface area contributed by atoms with Crippen molar-refractivity contribution in [3.05, 3.63) is 295 Å². The van der Waals surface area contributed by atoms with Gasteiger partial charge in [0.05, 0.1) is 22.4 Å². The van der Waals surface area contributed by atoms with Crippen LogP contribution in [0.15, 0.2) is 293 Å². The molecule has 3 heterocycles. The first kappa shape index (κ1) is 45.0. The molecule has 0 saturated carbocycles. The van der Waals surface area contributed by atoms with Crippen LogP contribution in [-0.4, -0.2) is 16.1 Å². The first-order valence-electron chi connectivity index (χ1n) is 26.6. The Morgan fingerprint density at radius 3 is 1.68 bits per heavy atom. The fourth-order valence-electron chi connectivity index (χ4n) is 11.8. The predicted molar refractivity (Wildman–Crippen MR) is 327 cm³/mol. The van der Waals surface area contributed by atoms with Gasteiger partial charge in [0.25, 0.3) is 0 Å². The highest BCUT2D eigenvalue weighted by atomic mass is 16.3. The molecule has 364 valence electrons. The van der Waals surface area contributed by atoms with Gasteiger partial charge in [-0.2, -0.15) is 0 Å². The Labute approximate surface area is 451 Å². The summed E-state index contributed by atoms with van der Waals surface area (Å²) in [6.45, 7) is 0. The first-order chi connectivity index (χ1) is 38.7. The lowest BCUT2D eigenvalue weighted by molar-refractivity contribution is 0.669. The molecular formula is C74H47N3O. The molecule has 4 nitrogen and oxygen atoms in total. The third kappa shape index (κ3) is 7.78. The highest BCUT2D eigenvalue weighted by molar-refractivity contribution is 6.17. The van der Waals surface area contributed by atoms with Crippen LogP contribution in [0, 0.1) is 0 Å². The summed E-state index contributed by atoms with van der Waals surface area (Å²) >= 11 is 0. The predicted octanol–water partition coefficient (Wildman–Crippen LogP) is 19.5.